The van der Waals surface area contributed by atoms with Gasteiger partial charge in [-0.3, -0.25) is 4.79 Å². The van der Waals surface area contributed by atoms with Gasteiger partial charge in [-0.1, -0.05) is 58.4 Å². The number of carbonyl (C=O) groups is 1. The Hall–Kier alpha value is -3.64. The highest BCUT2D eigenvalue weighted by atomic mass is 79.9. The van der Waals surface area contributed by atoms with Crippen LogP contribution in [0.3, 0.4) is 0 Å². The summed E-state index contributed by atoms with van der Waals surface area (Å²) in [6.07, 6.45) is 3.53. The predicted molar refractivity (Wildman–Crippen MR) is 138 cm³/mol. The number of H-pyrrole nitrogens is 1. The maximum Gasteiger partial charge on any atom is 0.368 e. The molecular weight excluding hydrogens is 476 g/mol. The summed E-state index contributed by atoms with van der Waals surface area (Å²) in [4.78, 5) is 19.2. The standard InChI is InChI=1S/C27H23BrN4O/c1-30(2)21-15-8-18(9-16-21)10-17-24(33)26-25(19-11-13-20(28)14-12-19)29-27-31(3)22-6-4-5-7-23(22)32(26)27/h4-17H,1-3H3/p+1. The number of aryl methyl sites for hydroxylation is 1. The summed E-state index contributed by atoms with van der Waals surface area (Å²) in [6.45, 7) is 0. The molecule has 0 atom stereocenters. The van der Waals surface area contributed by atoms with Gasteiger partial charge in [0.25, 0.3) is 0 Å². The number of nitrogens with one attached hydrogen (secondary N) is 1. The Bertz CT molecular complexity index is 1510. The lowest BCUT2D eigenvalue weighted by Gasteiger charge is -2.11. The van der Waals surface area contributed by atoms with Crippen molar-refractivity contribution in [2.45, 2.75) is 0 Å². The Labute approximate surface area is 200 Å². The molecule has 0 unspecified atom stereocenters. The summed E-state index contributed by atoms with van der Waals surface area (Å²) in [5.41, 5.74) is 6.52. The molecule has 0 radical (unpaired) electrons. The summed E-state index contributed by atoms with van der Waals surface area (Å²) in [6, 6.07) is 24.2. The third kappa shape index (κ3) is 3.76. The van der Waals surface area contributed by atoms with E-state index < -0.39 is 0 Å². The van der Waals surface area contributed by atoms with Gasteiger partial charge in [-0.15, -0.1) is 0 Å². The van der Waals surface area contributed by atoms with Crippen molar-refractivity contribution in [3.05, 3.63) is 94.6 Å². The number of hydrogen-bond donors (Lipinski definition) is 1. The Morgan fingerprint density at radius 1 is 1.00 bits per heavy atom. The van der Waals surface area contributed by atoms with E-state index in [-0.39, 0.29) is 5.78 Å². The molecule has 0 fully saturated rings. The fourth-order valence-corrected chi connectivity index (χ4v) is 4.42. The van der Waals surface area contributed by atoms with E-state index in [1.165, 1.54) is 0 Å². The van der Waals surface area contributed by atoms with Crippen LogP contribution < -0.4 is 9.47 Å². The van der Waals surface area contributed by atoms with Crippen molar-refractivity contribution in [2.75, 3.05) is 19.0 Å². The van der Waals surface area contributed by atoms with Crippen LogP contribution in [-0.4, -0.2) is 29.3 Å². The van der Waals surface area contributed by atoms with Crippen molar-refractivity contribution in [1.82, 2.24) is 9.38 Å². The molecule has 0 aliphatic carbocycles. The van der Waals surface area contributed by atoms with E-state index >= 15 is 0 Å². The van der Waals surface area contributed by atoms with Crippen LogP contribution in [-0.2, 0) is 7.05 Å². The van der Waals surface area contributed by atoms with Gasteiger partial charge in [0.15, 0.2) is 5.69 Å². The molecule has 0 bridgehead atoms. The molecule has 2 heterocycles. The van der Waals surface area contributed by atoms with E-state index in [0.717, 1.165) is 43.8 Å². The smallest absolute Gasteiger partial charge is 0.368 e. The highest BCUT2D eigenvalue weighted by Crippen LogP contribution is 2.29. The van der Waals surface area contributed by atoms with Crippen molar-refractivity contribution >= 4 is 50.3 Å². The Morgan fingerprint density at radius 3 is 2.39 bits per heavy atom. The van der Waals surface area contributed by atoms with Crippen molar-refractivity contribution in [1.29, 1.82) is 0 Å². The number of aromatic nitrogens is 3. The van der Waals surface area contributed by atoms with E-state index in [1.807, 2.05) is 98.3 Å². The Kier molecular flexibility index (Phi) is 5.38. The molecule has 1 N–H and O–H groups in total. The minimum Gasteiger partial charge on any atom is -0.378 e. The van der Waals surface area contributed by atoms with Gasteiger partial charge < -0.3 is 4.90 Å². The molecule has 164 valence electrons. The Balaban J connectivity index is 1.66. The summed E-state index contributed by atoms with van der Waals surface area (Å²) < 4.78 is 5.10. The summed E-state index contributed by atoms with van der Waals surface area (Å²) in [5, 5.41) is 0. The van der Waals surface area contributed by atoms with Crippen LogP contribution in [0.2, 0.25) is 0 Å². The first kappa shape index (κ1) is 21.2. The second-order valence-corrected chi connectivity index (χ2v) is 9.16. The average Bonchev–Trinajstić information content (AvgIpc) is 3.34. The highest BCUT2D eigenvalue weighted by Gasteiger charge is 2.29. The van der Waals surface area contributed by atoms with Gasteiger partial charge in [-0.25, -0.2) is 9.55 Å². The second kappa shape index (κ2) is 8.37. The Morgan fingerprint density at radius 2 is 1.70 bits per heavy atom. The fraction of sp³-hybridized carbons (Fsp3) is 0.111. The number of anilines is 1. The van der Waals surface area contributed by atoms with Gasteiger partial charge in [0, 0.05) is 29.8 Å². The zero-order chi connectivity index (χ0) is 23.1. The lowest BCUT2D eigenvalue weighted by Crippen LogP contribution is -2.27. The molecule has 2 aromatic heterocycles. The van der Waals surface area contributed by atoms with Crippen molar-refractivity contribution in [3.8, 4) is 11.3 Å². The molecule has 0 spiro atoms. The number of ketones is 1. The van der Waals surface area contributed by atoms with Crippen LogP contribution in [0, 0.1) is 0 Å². The number of aromatic amines is 1. The first-order valence-corrected chi connectivity index (χ1v) is 11.5. The topological polar surface area (TPSA) is 44.4 Å². The number of para-hydroxylation sites is 2. The number of rotatable bonds is 5. The van der Waals surface area contributed by atoms with Crippen LogP contribution in [0.4, 0.5) is 5.69 Å². The molecule has 33 heavy (non-hydrogen) atoms. The number of imidazole rings is 2. The highest BCUT2D eigenvalue weighted by molar-refractivity contribution is 9.10. The zero-order valence-corrected chi connectivity index (χ0v) is 20.3. The second-order valence-electron chi connectivity index (χ2n) is 8.25. The van der Waals surface area contributed by atoms with Gasteiger partial charge in [0.2, 0.25) is 5.78 Å². The average molecular weight is 500 g/mol. The zero-order valence-electron chi connectivity index (χ0n) is 18.7. The normalized spacial score (nSPS) is 11.6. The monoisotopic (exact) mass is 499 g/mol. The molecule has 0 aliphatic heterocycles. The molecule has 5 rings (SSSR count). The van der Waals surface area contributed by atoms with Gasteiger partial charge in [0.1, 0.15) is 16.7 Å². The van der Waals surface area contributed by atoms with E-state index in [4.69, 9.17) is 0 Å². The van der Waals surface area contributed by atoms with E-state index in [0.29, 0.717) is 5.69 Å². The number of benzene rings is 3. The number of allylic oxidation sites excluding steroid dienone is 1. The number of halogens is 1. The molecule has 3 aromatic carbocycles. The number of hydrogen-bond acceptors (Lipinski definition) is 2. The van der Waals surface area contributed by atoms with E-state index in [9.17, 15) is 4.79 Å². The number of carbonyl (C=O) groups excluding carboxylic acids is 1. The van der Waals surface area contributed by atoms with Gasteiger partial charge in [-0.2, -0.15) is 4.40 Å². The van der Waals surface area contributed by atoms with Crippen LogP contribution in [0.1, 0.15) is 16.1 Å². The maximum absolute atomic E-state index is 13.6. The lowest BCUT2D eigenvalue weighted by atomic mass is 10.1. The third-order valence-electron chi connectivity index (χ3n) is 5.91. The molecule has 0 amide bonds. The first-order chi connectivity index (χ1) is 15.9. The summed E-state index contributed by atoms with van der Waals surface area (Å²) in [7, 11) is 6.03. The van der Waals surface area contributed by atoms with Crippen LogP contribution in [0.25, 0.3) is 34.1 Å². The van der Waals surface area contributed by atoms with Crippen LogP contribution in [0.15, 0.2) is 83.3 Å². The molecule has 5 aromatic rings. The molecule has 0 saturated heterocycles. The fourth-order valence-electron chi connectivity index (χ4n) is 4.16. The van der Waals surface area contributed by atoms with Crippen LogP contribution >= 0.6 is 15.9 Å². The van der Waals surface area contributed by atoms with Crippen molar-refractivity contribution < 1.29 is 9.36 Å². The van der Waals surface area contributed by atoms with Gasteiger partial charge in [-0.05, 0) is 48.0 Å². The third-order valence-corrected chi connectivity index (χ3v) is 6.44. The van der Waals surface area contributed by atoms with E-state index in [2.05, 4.69) is 36.4 Å². The minimum atomic E-state index is -0.0581. The molecule has 0 aliphatic rings. The van der Waals surface area contributed by atoms with Crippen LogP contribution in [0.5, 0.6) is 0 Å². The number of fused-ring (bicyclic) bond motifs is 3. The molecule has 6 heteroatoms. The predicted octanol–water partition coefficient (Wildman–Crippen LogP) is 5.64. The van der Waals surface area contributed by atoms with E-state index in [1.54, 1.807) is 6.08 Å². The lowest BCUT2D eigenvalue weighted by molar-refractivity contribution is -0.620. The summed E-state index contributed by atoms with van der Waals surface area (Å²) >= 11 is 3.50. The van der Waals surface area contributed by atoms with Crippen molar-refractivity contribution in [2.24, 2.45) is 7.05 Å². The summed E-state index contributed by atoms with van der Waals surface area (Å²) in [5.74, 6) is 0.804. The minimum absolute atomic E-state index is 0.0581. The van der Waals surface area contributed by atoms with Gasteiger partial charge in [0.05, 0.1) is 7.05 Å². The number of nitrogens with zero attached hydrogens (tertiary/aromatic N) is 3. The maximum atomic E-state index is 13.6. The quantitative estimate of drug-likeness (QED) is 0.193. The molecule has 0 saturated carbocycles. The first-order valence-electron chi connectivity index (χ1n) is 10.7. The van der Waals surface area contributed by atoms with Crippen molar-refractivity contribution in [3.63, 3.8) is 0 Å². The molecular formula is C27H24BrN4O+. The van der Waals surface area contributed by atoms with Gasteiger partial charge >= 0.3 is 5.78 Å². The molecule has 5 nitrogen and oxygen atoms in total. The largest absolute Gasteiger partial charge is 0.378 e. The SMILES string of the molecule is CN(C)c1ccc(C=CC(=O)c2c(-c3ccc(Br)cc3)[nH]c3n2c2ccccc2[n+]3C)cc1.